The van der Waals surface area contributed by atoms with Crippen molar-refractivity contribution >= 4 is 29.3 Å². The molecule has 0 bridgehead atoms. The summed E-state index contributed by atoms with van der Waals surface area (Å²) in [5, 5.41) is 13.3. The van der Waals surface area contributed by atoms with Crippen LogP contribution in [0.3, 0.4) is 0 Å². The van der Waals surface area contributed by atoms with Gasteiger partial charge in [0.1, 0.15) is 0 Å². The number of aromatic nitrogens is 3. The minimum Gasteiger partial charge on any atom is -0.353 e. The first-order valence-corrected chi connectivity index (χ1v) is 13.5. The molecule has 2 heterocycles. The number of hydrogen-bond donors (Lipinski definition) is 1. The molecule has 1 amide bonds. The van der Waals surface area contributed by atoms with Gasteiger partial charge >= 0.3 is 0 Å². The number of halogens is 1. The second kappa shape index (κ2) is 11.7. The molecule has 1 fully saturated rings. The third kappa shape index (κ3) is 5.98. The minimum absolute atomic E-state index is 0.0171. The van der Waals surface area contributed by atoms with Gasteiger partial charge < -0.3 is 5.32 Å². The minimum atomic E-state index is 0.0171. The molecule has 4 aromatic rings. The molecule has 0 unspecified atom stereocenters. The summed E-state index contributed by atoms with van der Waals surface area (Å²) in [7, 11) is 0. The molecule has 1 aliphatic rings. The molecule has 1 aromatic heterocycles. The Labute approximate surface area is 220 Å². The quantitative estimate of drug-likeness (QED) is 0.314. The molecule has 1 N–H and O–H groups in total. The van der Waals surface area contributed by atoms with Gasteiger partial charge in [0.05, 0.1) is 10.8 Å². The predicted molar refractivity (Wildman–Crippen MR) is 145 cm³/mol. The van der Waals surface area contributed by atoms with Crippen LogP contribution in [0.15, 0.2) is 90.1 Å². The van der Waals surface area contributed by atoms with Crippen LogP contribution in [-0.4, -0.2) is 50.5 Å². The molecule has 3 aromatic carbocycles. The first-order chi connectivity index (χ1) is 17.7. The van der Waals surface area contributed by atoms with Gasteiger partial charge in [0.2, 0.25) is 5.91 Å². The topological polar surface area (TPSA) is 63.1 Å². The van der Waals surface area contributed by atoms with Crippen LogP contribution in [-0.2, 0) is 11.3 Å². The van der Waals surface area contributed by atoms with Gasteiger partial charge in [0.15, 0.2) is 11.0 Å². The average molecular weight is 518 g/mol. The summed E-state index contributed by atoms with van der Waals surface area (Å²) in [6.45, 7) is 2.92. The number of nitrogens with zero attached hydrogens (tertiary/aromatic N) is 4. The summed E-state index contributed by atoms with van der Waals surface area (Å²) in [5.74, 6) is 0.946. The Morgan fingerprint density at radius 3 is 2.31 bits per heavy atom. The summed E-state index contributed by atoms with van der Waals surface area (Å²) in [5.41, 5.74) is 3.05. The van der Waals surface area contributed by atoms with E-state index in [1.165, 1.54) is 17.3 Å². The lowest BCUT2D eigenvalue weighted by Gasteiger charge is -2.32. The number of amides is 1. The van der Waals surface area contributed by atoms with E-state index in [1.807, 2.05) is 65.2 Å². The Hall–Kier alpha value is -3.13. The van der Waals surface area contributed by atoms with E-state index in [0.717, 1.165) is 43.7 Å². The number of nitrogens with one attached hydrogen (secondary N) is 1. The van der Waals surface area contributed by atoms with Crippen molar-refractivity contribution in [3.8, 4) is 17.1 Å². The van der Waals surface area contributed by atoms with Crippen LogP contribution in [0.1, 0.15) is 18.4 Å². The standard InChI is InChI=1S/C28H28ClN5OS/c29-25-14-8-7-13-24(25)27-31-32-28(34(27)23-11-5-2-6-12-23)36-20-26(35)30-22-15-17-33(18-16-22)19-21-9-3-1-4-10-21/h1-14,22H,15-20H2,(H,30,35). The zero-order valence-electron chi connectivity index (χ0n) is 19.9. The maximum absolute atomic E-state index is 12.8. The highest BCUT2D eigenvalue weighted by Crippen LogP contribution is 2.31. The van der Waals surface area contributed by atoms with Crippen LogP contribution >= 0.6 is 23.4 Å². The van der Waals surface area contributed by atoms with Crippen molar-refractivity contribution in [1.29, 1.82) is 0 Å². The van der Waals surface area contributed by atoms with E-state index in [0.29, 0.717) is 16.0 Å². The van der Waals surface area contributed by atoms with Crippen molar-refractivity contribution in [2.24, 2.45) is 0 Å². The zero-order valence-corrected chi connectivity index (χ0v) is 21.5. The first kappa shape index (κ1) is 24.6. The number of para-hydroxylation sites is 1. The van der Waals surface area contributed by atoms with Gasteiger partial charge in [-0.2, -0.15) is 0 Å². The van der Waals surface area contributed by atoms with Gasteiger partial charge in [-0.15, -0.1) is 10.2 Å². The van der Waals surface area contributed by atoms with Crippen LogP contribution < -0.4 is 5.32 Å². The van der Waals surface area contributed by atoms with Gasteiger partial charge in [0, 0.05) is 36.9 Å². The average Bonchev–Trinajstić information content (AvgIpc) is 3.34. The van der Waals surface area contributed by atoms with Gasteiger partial charge in [0.25, 0.3) is 0 Å². The SMILES string of the molecule is O=C(CSc1nnc(-c2ccccc2Cl)n1-c1ccccc1)NC1CCN(Cc2ccccc2)CC1. The van der Waals surface area contributed by atoms with Crippen molar-refractivity contribution in [1.82, 2.24) is 25.0 Å². The van der Waals surface area contributed by atoms with E-state index in [9.17, 15) is 4.79 Å². The Balaban J connectivity index is 1.21. The highest BCUT2D eigenvalue weighted by molar-refractivity contribution is 7.99. The van der Waals surface area contributed by atoms with Crippen LogP contribution in [0.4, 0.5) is 0 Å². The van der Waals surface area contributed by atoms with E-state index >= 15 is 0 Å². The maximum atomic E-state index is 12.8. The van der Waals surface area contributed by atoms with Crippen molar-refractivity contribution < 1.29 is 4.79 Å². The third-order valence-electron chi connectivity index (χ3n) is 6.30. The predicted octanol–water partition coefficient (Wildman–Crippen LogP) is 5.46. The summed E-state index contributed by atoms with van der Waals surface area (Å²) >= 11 is 7.85. The number of benzene rings is 3. The number of thioether (sulfide) groups is 1. The lowest BCUT2D eigenvalue weighted by atomic mass is 10.0. The van der Waals surface area contributed by atoms with Crippen LogP contribution in [0, 0.1) is 0 Å². The van der Waals surface area contributed by atoms with Crippen LogP contribution in [0.25, 0.3) is 17.1 Å². The normalized spacial score (nSPS) is 14.6. The van der Waals surface area contributed by atoms with Gasteiger partial charge in [-0.1, -0.05) is 84.0 Å². The van der Waals surface area contributed by atoms with E-state index in [-0.39, 0.29) is 17.7 Å². The number of piperidine rings is 1. The Morgan fingerprint density at radius 2 is 1.58 bits per heavy atom. The van der Waals surface area contributed by atoms with E-state index < -0.39 is 0 Å². The van der Waals surface area contributed by atoms with Crippen LogP contribution in [0.5, 0.6) is 0 Å². The third-order valence-corrected chi connectivity index (χ3v) is 7.56. The molecule has 0 saturated carbocycles. The van der Waals surface area contributed by atoms with E-state index in [2.05, 4.69) is 44.7 Å². The molecular weight excluding hydrogens is 490 g/mol. The highest BCUT2D eigenvalue weighted by Gasteiger charge is 2.22. The van der Waals surface area contributed by atoms with Crippen molar-refractivity contribution in [3.63, 3.8) is 0 Å². The summed E-state index contributed by atoms with van der Waals surface area (Å²) in [4.78, 5) is 15.3. The highest BCUT2D eigenvalue weighted by atomic mass is 35.5. The zero-order chi connectivity index (χ0) is 24.7. The molecule has 0 aliphatic carbocycles. The van der Waals surface area contributed by atoms with E-state index in [1.54, 1.807) is 0 Å². The monoisotopic (exact) mass is 517 g/mol. The Kier molecular flexibility index (Phi) is 8.01. The lowest BCUT2D eigenvalue weighted by molar-refractivity contribution is -0.119. The number of carbonyl (C=O) groups is 1. The second-order valence-corrected chi connectivity index (χ2v) is 10.2. The van der Waals surface area contributed by atoms with Crippen LogP contribution in [0.2, 0.25) is 5.02 Å². The molecule has 36 heavy (non-hydrogen) atoms. The summed E-state index contributed by atoms with van der Waals surface area (Å²) < 4.78 is 1.96. The second-order valence-electron chi connectivity index (χ2n) is 8.85. The number of likely N-dealkylation sites (tertiary alicyclic amines) is 1. The molecule has 0 atom stereocenters. The molecule has 184 valence electrons. The molecule has 0 radical (unpaired) electrons. The van der Waals surface area contributed by atoms with Crippen molar-refractivity contribution in [2.75, 3.05) is 18.8 Å². The molecule has 8 heteroatoms. The fraction of sp³-hybridized carbons (Fsp3) is 0.250. The molecule has 1 saturated heterocycles. The fourth-order valence-electron chi connectivity index (χ4n) is 4.47. The Morgan fingerprint density at radius 1 is 0.917 bits per heavy atom. The molecule has 1 aliphatic heterocycles. The number of carbonyl (C=O) groups excluding carboxylic acids is 1. The van der Waals surface area contributed by atoms with Crippen molar-refractivity contribution in [3.05, 3.63) is 95.5 Å². The number of hydrogen-bond acceptors (Lipinski definition) is 5. The number of rotatable bonds is 8. The molecular formula is C28H28ClN5OS. The maximum Gasteiger partial charge on any atom is 0.230 e. The molecule has 0 spiro atoms. The summed E-state index contributed by atoms with van der Waals surface area (Å²) in [6.07, 6.45) is 1.92. The molecule has 6 nitrogen and oxygen atoms in total. The van der Waals surface area contributed by atoms with Gasteiger partial charge in [-0.3, -0.25) is 14.3 Å². The summed E-state index contributed by atoms with van der Waals surface area (Å²) in [6, 6.07) is 28.2. The first-order valence-electron chi connectivity index (χ1n) is 12.1. The smallest absolute Gasteiger partial charge is 0.230 e. The molecule has 5 rings (SSSR count). The van der Waals surface area contributed by atoms with Gasteiger partial charge in [-0.05, 0) is 42.7 Å². The van der Waals surface area contributed by atoms with Gasteiger partial charge in [-0.25, -0.2) is 0 Å². The lowest BCUT2D eigenvalue weighted by Crippen LogP contribution is -2.44. The Bertz CT molecular complexity index is 1290. The largest absolute Gasteiger partial charge is 0.353 e. The van der Waals surface area contributed by atoms with E-state index in [4.69, 9.17) is 11.6 Å². The van der Waals surface area contributed by atoms with Crippen molar-refractivity contribution in [2.45, 2.75) is 30.6 Å². The fourth-order valence-corrected chi connectivity index (χ4v) is 5.45.